The van der Waals surface area contributed by atoms with E-state index in [-0.39, 0.29) is 5.91 Å². The van der Waals surface area contributed by atoms with E-state index in [1.54, 1.807) is 31.5 Å². The van der Waals surface area contributed by atoms with Gasteiger partial charge in [0.05, 0.1) is 0 Å². The second kappa shape index (κ2) is 8.23. The van der Waals surface area contributed by atoms with Gasteiger partial charge in [-0.2, -0.15) is 4.98 Å². The van der Waals surface area contributed by atoms with Crippen molar-refractivity contribution in [2.24, 2.45) is 0 Å². The van der Waals surface area contributed by atoms with Crippen LogP contribution in [0.3, 0.4) is 0 Å². The number of rotatable bonds is 8. The van der Waals surface area contributed by atoms with Crippen LogP contribution in [0.1, 0.15) is 18.7 Å². The molecule has 0 bridgehead atoms. The molecule has 0 saturated carbocycles. The molecule has 0 aliphatic heterocycles. The van der Waals surface area contributed by atoms with Crippen LogP contribution in [0.15, 0.2) is 29.0 Å². The minimum atomic E-state index is 0.0553. The molecule has 2 aromatic rings. The molecule has 22 heavy (non-hydrogen) atoms. The quantitative estimate of drug-likeness (QED) is 0.688. The van der Waals surface area contributed by atoms with Crippen LogP contribution >= 0.6 is 0 Å². The fourth-order valence-electron chi connectivity index (χ4n) is 1.95. The topological polar surface area (TPSA) is 81.4 Å². The Balaban J connectivity index is 1.82. The van der Waals surface area contributed by atoms with Crippen LogP contribution in [0.4, 0.5) is 0 Å². The zero-order valence-electron chi connectivity index (χ0n) is 12.9. The van der Waals surface area contributed by atoms with E-state index in [4.69, 9.17) is 9.26 Å². The van der Waals surface area contributed by atoms with Crippen LogP contribution in [-0.2, 0) is 16.0 Å². The standard InChI is InChI=1S/C15H20N4O3/c1-19(10-3-11-21-2)14(20)5-4-13-17-15(18-22-13)12-6-8-16-9-7-12/h6-9H,3-5,10-11H2,1-2H3. The van der Waals surface area contributed by atoms with Crippen molar-refractivity contribution in [3.05, 3.63) is 30.4 Å². The Kier molecular flexibility index (Phi) is 6.02. The van der Waals surface area contributed by atoms with Crippen molar-refractivity contribution in [2.45, 2.75) is 19.3 Å². The van der Waals surface area contributed by atoms with Crippen molar-refractivity contribution in [1.29, 1.82) is 0 Å². The number of hydrogen-bond donors (Lipinski definition) is 0. The summed E-state index contributed by atoms with van der Waals surface area (Å²) in [7, 11) is 3.44. The van der Waals surface area contributed by atoms with E-state index in [1.807, 2.05) is 12.1 Å². The normalized spacial score (nSPS) is 10.6. The van der Waals surface area contributed by atoms with Gasteiger partial charge in [-0.25, -0.2) is 0 Å². The number of amides is 1. The van der Waals surface area contributed by atoms with Gasteiger partial charge in [0.25, 0.3) is 0 Å². The lowest BCUT2D eigenvalue weighted by atomic mass is 10.2. The van der Waals surface area contributed by atoms with Gasteiger partial charge in [0, 0.05) is 58.1 Å². The molecule has 0 N–H and O–H groups in total. The van der Waals surface area contributed by atoms with Gasteiger partial charge in [-0.3, -0.25) is 9.78 Å². The number of pyridine rings is 1. The van der Waals surface area contributed by atoms with E-state index in [2.05, 4.69) is 15.1 Å². The number of hydrogen-bond acceptors (Lipinski definition) is 6. The third-order valence-corrected chi connectivity index (χ3v) is 3.23. The molecule has 0 aromatic carbocycles. The lowest BCUT2D eigenvalue weighted by Gasteiger charge is -2.16. The van der Waals surface area contributed by atoms with Gasteiger partial charge in [0.15, 0.2) is 0 Å². The van der Waals surface area contributed by atoms with Crippen LogP contribution in [0.5, 0.6) is 0 Å². The molecule has 0 aliphatic rings. The Morgan fingerprint density at radius 2 is 2.14 bits per heavy atom. The second-order valence-electron chi connectivity index (χ2n) is 4.91. The largest absolute Gasteiger partial charge is 0.385 e. The highest BCUT2D eigenvalue weighted by Crippen LogP contribution is 2.14. The monoisotopic (exact) mass is 304 g/mol. The molecular formula is C15H20N4O3. The summed E-state index contributed by atoms with van der Waals surface area (Å²) < 4.78 is 10.1. The van der Waals surface area contributed by atoms with Gasteiger partial charge in [0.2, 0.25) is 17.6 Å². The minimum absolute atomic E-state index is 0.0553. The number of aryl methyl sites for hydroxylation is 1. The van der Waals surface area contributed by atoms with Gasteiger partial charge < -0.3 is 14.2 Å². The van der Waals surface area contributed by atoms with Crippen LogP contribution < -0.4 is 0 Å². The number of methoxy groups -OCH3 is 1. The number of carbonyl (C=O) groups excluding carboxylic acids is 1. The zero-order valence-corrected chi connectivity index (χ0v) is 12.9. The van der Waals surface area contributed by atoms with Crippen molar-refractivity contribution in [3.63, 3.8) is 0 Å². The SMILES string of the molecule is COCCCN(C)C(=O)CCc1nc(-c2ccncc2)no1. The first kappa shape index (κ1) is 16.1. The lowest BCUT2D eigenvalue weighted by Crippen LogP contribution is -2.28. The molecule has 2 rings (SSSR count). The molecule has 7 heteroatoms. The first-order valence-corrected chi connectivity index (χ1v) is 7.16. The fourth-order valence-corrected chi connectivity index (χ4v) is 1.95. The first-order chi connectivity index (χ1) is 10.7. The van der Waals surface area contributed by atoms with Gasteiger partial charge >= 0.3 is 0 Å². The molecule has 118 valence electrons. The van der Waals surface area contributed by atoms with Crippen molar-refractivity contribution in [1.82, 2.24) is 20.0 Å². The van der Waals surface area contributed by atoms with Crippen molar-refractivity contribution in [2.75, 3.05) is 27.3 Å². The summed E-state index contributed by atoms with van der Waals surface area (Å²) in [5.74, 6) is 1.03. The van der Waals surface area contributed by atoms with Crippen LogP contribution in [-0.4, -0.2) is 53.2 Å². The Bertz CT molecular complexity index is 585. The van der Waals surface area contributed by atoms with Crippen LogP contribution in [0.2, 0.25) is 0 Å². The summed E-state index contributed by atoms with van der Waals surface area (Å²) in [6, 6.07) is 3.62. The number of ether oxygens (including phenoxy) is 1. The van der Waals surface area contributed by atoms with E-state index < -0.39 is 0 Å². The maximum atomic E-state index is 12.0. The number of carbonyl (C=O) groups is 1. The summed E-state index contributed by atoms with van der Waals surface area (Å²) in [5, 5.41) is 3.91. The average Bonchev–Trinajstić information content (AvgIpc) is 3.02. The third kappa shape index (κ3) is 4.63. The van der Waals surface area contributed by atoms with Gasteiger partial charge in [-0.1, -0.05) is 5.16 Å². The molecule has 7 nitrogen and oxygen atoms in total. The first-order valence-electron chi connectivity index (χ1n) is 7.16. The van der Waals surface area contributed by atoms with Gasteiger partial charge in [-0.05, 0) is 18.6 Å². The number of aromatic nitrogens is 3. The third-order valence-electron chi connectivity index (χ3n) is 3.23. The highest BCUT2D eigenvalue weighted by molar-refractivity contribution is 5.76. The summed E-state index contributed by atoms with van der Waals surface area (Å²) in [6.45, 7) is 1.33. The predicted octanol–water partition coefficient (Wildman–Crippen LogP) is 1.56. The maximum Gasteiger partial charge on any atom is 0.227 e. The molecule has 2 heterocycles. The second-order valence-corrected chi connectivity index (χ2v) is 4.91. The van der Waals surface area contributed by atoms with Crippen LogP contribution in [0.25, 0.3) is 11.4 Å². The Morgan fingerprint density at radius 3 is 2.86 bits per heavy atom. The van der Waals surface area contributed by atoms with Gasteiger partial charge in [0.1, 0.15) is 0 Å². The zero-order chi connectivity index (χ0) is 15.8. The fraction of sp³-hybridized carbons (Fsp3) is 0.467. The van der Waals surface area contributed by atoms with Crippen molar-refractivity contribution >= 4 is 5.91 Å². The molecule has 2 aromatic heterocycles. The molecule has 0 radical (unpaired) electrons. The smallest absolute Gasteiger partial charge is 0.227 e. The molecule has 0 atom stereocenters. The highest BCUT2D eigenvalue weighted by Gasteiger charge is 2.13. The van der Waals surface area contributed by atoms with Gasteiger partial charge in [-0.15, -0.1) is 0 Å². The van der Waals surface area contributed by atoms with Crippen molar-refractivity contribution < 1.29 is 14.1 Å². The molecule has 0 saturated heterocycles. The Hall–Kier alpha value is -2.28. The summed E-state index contributed by atoms with van der Waals surface area (Å²) in [6.07, 6.45) is 4.95. The molecule has 0 aliphatic carbocycles. The Morgan fingerprint density at radius 1 is 1.36 bits per heavy atom. The van der Waals surface area contributed by atoms with E-state index in [9.17, 15) is 4.79 Å². The van der Waals surface area contributed by atoms with Crippen molar-refractivity contribution in [3.8, 4) is 11.4 Å². The van der Waals surface area contributed by atoms with E-state index in [0.29, 0.717) is 37.7 Å². The summed E-state index contributed by atoms with van der Waals surface area (Å²) >= 11 is 0. The maximum absolute atomic E-state index is 12.0. The number of nitrogens with zero attached hydrogens (tertiary/aromatic N) is 4. The molecule has 1 amide bonds. The summed E-state index contributed by atoms with van der Waals surface area (Å²) in [4.78, 5) is 21.9. The molecule has 0 unspecified atom stereocenters. The van der Waals surface area contributed by atoms with Crippen LogP contribution in [0, 0.1) is 0 Å². The highest BCUT2D eigenvalue weighted by atomic mass is 16.5. The molecular weight excluding hydrogens is 284 g/mol. The molecule has 0 fully saturated rings. The van der Waals surface area contributed by atoms with E-state index in [0.717, 1.165) is 12.0 Å². The minimum Gasteiger partial charge on any atom is -0.385 e. The Labute approximate surface area is 129 Å². The average molecular weight is 304 g/mol. The summed E-state index contributed by atoms with van der Waals surface area (Å²) in [5.41, 5.74) is 0.841. The molecule has 0 spiro atoms. The predicted molar refractivity (Wildman–Crippen MR) is 80.0 cm³/mol. The lowest BCUT2D eigenvalue weighted by molar-refractivity contribution is -0.130. The van der Waals surface area contributed by atoms with E-state index >= 15 is 0 Å². The van der Waals surface area contributed by atoms with E-state index in [1.165, 1.54) is 0 Å².